The summed E-state index contributed by atoms with van der Waals surface area (Å²) in [5.74, 6) is 0.720. The van der Waals surface area contributed by atoms with Crippen LogP contribution in [0.25, 0.3) is 0 Å². The van der Waals surface area contributed by atoms with Crippen molar-refractivity contribution in [1.29, 1.82) is 5.26 Å². The van der Waals surface area contributed by atoms with Crippen LogP contribution in [0.4, 0.5) is 0 Å². The molecule has 2 aromatic carbocycles. The van der Waals surface area contributed by atoms with Crippen LogP contribution < -0.4 is 4.74 Å². The molecule has 0 saturated carbocycles. The molecule has 1 aliphatic heterocycles. The number of benzene rings is 2. The van der Waals surface area contributed by atoms with Crippen LogP contribution in [0.5, 0.6) is 5.75 Å². The molecular formula is C19H20ClN3O3S. The normalized spacial score (nSPS) is 16.0. The van der Waals surface area contributed by atoms with Crippen LogP contribution in [0.3, 0.4) is 0 Å². The summed E-state index contributed by atoms with van der Waals surface area (Å²) in [7, 11) is -3.48. The van der Waals surface area contributed by atoms with Crippen molar-refractivity contribution in [2.24, 2.45) is 0 Å². The summed E-state index contributed by atoms with van der Waals surface area (Å²) < 4.78 is 32.5. The van der Waals surface area contributed by atoms with E-state index in [1.807, 2.05) is 0 Å². The van der Waals surface area contributed by atoms with Crippen LogP contribution in [0.15, 0.2) is 53.4 Å². The first kappa shape index (κ1) is 19.6. The summed E-state index contributed by atoms with van der Waals surface area (Å²) in [5.41, 5.74) is 0.598. The minimum atomic E-state index is -3.48. The highest BCUT2D eigenvalue weighted by Gasteiger charge is 2.28. The molecular weight excluding hydrogens is 386 g/mol. The highest BCUT2D eigenvalue weighted by molar-refractivity contribution is 7.89. The van der Waals surface area contributed by atoms with Crippen molar-refractivity contribution >= 4 is 21.6 Å². The zero-order valence-electron chi connectivity index (χ0n) is 14.7. The number of sulfonamides is 1. The maximum absolute atomic E-state index is 12.7. The van der Waals surface area contributed by atoms with Gasteiger partial charge in [0.2, 0.25) is 10.0 Å². The molecule has 27 heavy (non-hydrogen) atoms. The largest absolute Gasteiger partial charge is 0.492 e. The van der Waals surface area contributed by atoms with Gasteiger partial charge in [-0.2, -0.15) is 9.57 Å². The summed E-state index contributed by atoms with van der Waals surface area (Å²) in [5, 5.41) is 9.30. The molecule has 3 rings (SSSR count). The van der Waals surface area contributed by atoms with Gasteiger partial charge in [0.05, 0.1) is 16.5 Å². The van der Waals surface area contributed by atoms with Gasteiger partial charge in [0.1, 0.15) is 12.4 Å². The van der Waals surface area contributed by atoms with E-state index in [0.29, 0.717) is 43.4 Å². The van der Waals surface area contributed by atoms with Gasteiger partial charge in [-0.3, -0.25) is 4.90 Å². The molecule has 142 valence electrons. The Hall–Kier alpha value is -2.11. The number of nitriles is 1. The van der Waals surface area contributed by atoms with Gasteiger partial charge in [0, 0.05) is 37.7 Å². The van der Waals surface area contributed by atoms with Gasteiger partial charge in [0.25, 0.3) is 0 Å². The van der Waals surface area contributed by atoms with E-state index in [2.05, 4.69) is 11.0 Å². The number of rotatable bonds is 6. The molecule has 8 heteroatoms. The molecule has 0 unspecified atom stereocenters. The molecule has 1 saturated heterocycles. The molecule has 0 atom stereocenters. The van der Waals surface area contributed by atoms with E-state index < -0.39 is 10.0 Å². The average molecular weight is 406 g/mol. The quantitative estimate of drug-likeness (QED) is 0.738. The Labute approximate surface area is 164 Å². The maximum Gasteiger partial charge on any atom is 0.243 e. The molecule has 0 aromatic heterocycles. The van der Waals surface area contributed by atoms with Gasteiger partial charge in [-0.1, -0.05) is 11.6 Å². The van der Waals surface area contributed by atoms with E-state index in [4.69, 9.17) is 21.6 Å². The lowest BCUT2D eigenvalue weighted by Gasteiger charge is -2.33. The zero-order chi connectivity index (χ0) is 19.3. The second-order valence-corrected chi connectivity index (χ2v) is 8.56. The summed E-state index contributed by atoms with van der Waals surface area (Å²) in [6, 6.07) is 15.3. The number of ether oxygens (including phenoxy) is 1. The highest BCUT2D eigenvalue weighted by Crippen LogP contribution is 2.20. The van der Waals surface area contributed by atoms with E-state index in [1.165, 1.54) is 16.4 Å². The Morgan fingerprint density at radius 3 is 2.22 bits per heavy atom. The lowest BCUT2D eigenvalue weighted by molar-refractivity contribution is 0.159. The Kier molecular flexibility index (Phi) is 6.34. The monoisotopic (exact) mass is 405 g/mol. The minimum absolute atomic E-state index is 0.268. The molecule has 1 aliphatic rings. The summed E-state index contributed by atoms with van der Waals surface area (Å²) in [6.45, 7) is 3.43. The molecule has 0 radical (unpaired) electrons. The molecule has 0 bridgehead atoms. The average Bonchev–Trinajstić information content (AvgIpc) is 2.69. The van der Waals surface area contributed by atoms with Crippen molar-refractivity contribution < 1.29 is 13.2 Å². The SMILES string of the molecule is N#Cc1ccc(OCCN2CCN(S(=O)(=O)c3ccc(Cl)cc3)CC2)cc1. The molecule has 0 amide bonds. The molecule has 0 aliphatic carbocycles. The predicted octanol–water partition coefficient (Wildman–Crippen LogP) is 2.60. The Morgan fingerprint density at radius 2 is 1.63 bits per heavy atom. The minimum Gasteiger partial charge on any atom is -0.492 e. The van der Waals surface area contributed by atoms with Crippen molar-refractivity contribution in [3.05, 3.63) is 59.1 Å². The third kappa shape index (κ3) is 4.99. The van der Waals surface area contributed by atoms with Crippen molar-refractivity contribution in [1.82, 2.24) is 9.21 Å². The van der Waals surface area contributed by atoms with E-state index in [1.54, 1.807) is 36.4 Å². The van der Waals surface area contributed by atoms with Gasteiger partial charge in [-0.15, -0.1) is 0 Å². The summed E-state index contributed by atoms with van der Waals surface area (Å²) in [6.07, 6.45) is 0. The second-order valence-electron chi connectivity index (χ2n) is 6.18. The van der Waals surface area contributed by atoms with Crippen LogP contribution in [0, 0.1) is 11.3 Å². The second kappa shape index (κ2) is 8.72. The van der Waals surface area contributed by atoms with Gasteiger partial charge in [-0.05, 0) is 48.5 Å². The van der Waals surface area contributed by atoms with Crippen LogP contribution in [-0.2, 0) is 10.0 Å². The zero-order valence-corrected chi connectivity index (χ0v) is 16.3. The summed E-state index contributed by atoms with van der Waals surface area (Å²) >= 11 is 5.83. The number of nitrogens with zero attached hydrogens (tertiary/aromatic N) is 3. The predicted molar refractivity (Wildman–Crippen MR) is 103 cm³/mol. The molecule has 0 N–H and O–H groups in total. The summed E-state index contributed by atoms with van der Waals surface area (Å²) in [4.78, 5) is 2.45. The van der Waals surface area contributed by atoms with Crippen LogP contribution in [0.2, 0.25) is 5.02 Å². The van der Waals surface area contributed by atoms with Gasteiger partial charge in [-0.25, -0.2) is 8.42 Å². The van der Waals surface area contributed by atoms with E-state index >= 15 is 0 Å². The van der Waals surface area contributed by atoms with E-state index in [9.17, 15) is 8.42 Å². The van der Waals surface area contributed by atoms with Crippen LogP contribution >= 0.6 is 11.6 Å². The van der Waals surface area contributed by atoms with Gasteiger partial charge >= 0.3 is 0 Å². The standard InChI is InChI=1S/C19H20ClN3O3S/c20-17-3-7-19(8-4-17)27(24,25)23-11-9-22(10-12-23)13-14-26-18-5-1-16(15-21)2-6-18/h1-8H,9-14H2. The third-order valence-corrected chi connectivity index (χ3v) is 6.61. The highest BCUT2D eigenvalue weighted by atomic mass is 35.5. The maximum atomic E-state index is 12.7. The molecule has 6 nitrogen and oxygen atoms in total. The molecule has 2 aromatic rings. The Balaban J connectivity index is 1.47. The Bertz CT molecular complexity index is 901. The fraction of sp³-hybridized carbons (Fsp3) is 0.316. The van der Waals surface area contributed by atoms with Crippen LogP contribution in [-0.4, -0.2) is 57.0 Å². The van der Waals surface area contributed by atoms with Gasteiger partial charge < -0.3 is 4.74 Å². The fourth-order valence-electron chi connectivity index (χ4n) is 2.87. The molecule has 0 spiro atoms. The van der Waals surface area contributed by atoms with Crippen molar-refractivity contribution in [2.45, 2.75) is 4.90 Å². The topological polar surface area (TPSA) is 73.6 Å². The first-order valence-corrected chi connectivity index (χ1v) is 10.4. The molecule has 1 fully saturated rings. The Morgan fingerprint density at radius 1 is 1.00 bits per heavy atom. The smallest absolute Gasteiger partial charge is 0.243 e. The van der Waals surface area contributed by atoms with E-state index in [0.717, 1.165) is 12.3 Å². The fourth-order valence-corrected chi connectivity index (χ4v) is 4.42. The lowest BCUT2D eigenvalue weighted by Crippen LogP contribution is -2.49. The lowest BCUT2D eigenvalue weighted by atomic mass is 10.2. The van der Waals surface area contributed by atoms with Crippen molar-refractivity contribution in [3.63, 3.8) is 0 Å². The van der Waals surface area contributed by atoms with Crippen molar-refractivity contribution in [3.8, 4) is 11.8 Å². The first-order chi connectivity index (χ1) is 13.0. The number of hydrogen-bond acceptors (Lipinski definition) is 5. The van der Waals surface area contributed by atoms with E-state index in [-0.39, 0.29) is 4.90 Å². The number of piperazine rings is 1. The first-order valence-electron chi connectivity index (χ1n) is 8.60. The number of hydrogen-bond donors (Lipinski definition) is 0. The van der Waals surface area contributed by atoms with Gasteiger partial charge in [0.15, 0.2) is 0 Å². The van der Waals surface area contributed by atoms with Crippen LogP contribution in [0.1, 0.15) is 5.56 Å². The molecule has 1 heterocycles. The number of halogens is 1. The third-order valence-electron chi connectivity index (χ3n) is 4.44. The van der Waals surface area contributed by atoms with Crippen molar-refractivity contribution in [2.75, 3.05) is 39.3 Å².